The van der Waals surface area contributed by atoms with Gasteiger partial charge in [0.15, 0.2) is 0 Å². The Kier molecular flexibility index (Phi) is 22.5. The fraction of sp³-hybridized carbons (Fsp3) is 0.900. The van der Waals surface area contributed by atoms with Crippen LogP contribution in [-0.2, 0) is 0 Å². The molecular weight excluding hydrogens is 917 g/mol. The molecule has 74 heavy (non-hydrogen) atoms. The minimum atomic E-state index is -0.0196. The van der Waals surface area contributed by atoms with Crippen molar-refractivity contribution in [2.75, 3.05) is 70.3 Å². The molecule has 0 amide bonds. The highest BCUT2D eigenvalue weighted by Crippen LogP contribution is 2.38. The van der Waals surface area contributed by atoms with Crippen molar-refractivity contribution in [3.05, 3.63) is 5.82 Å². The van der Waals surface area contributed by atoms with Crippen LogP contribution in [0.25, 0.3) is 0 Å². The van der Waals surface area contributed by atoms with E-state index in [4.69, 9.17) is 29.9 Å². The average Bonchev–Trinajstić information content (AvgIpc) is 3.26. The summed E-state index contributed by atoms with van der Waals surface area (Å²) < 4.78 is 0. The first kappa shape index (κ1) is 61.7. The van der Waals surface area contributed by atoms with Gasteiger partial charge in [-0.05, 0) is 173 Å². The number of hydrogen-bond acceptors (Lipinski definition) is 14. The number of aryl methyl sites for hydroxylation is 1. The van der Waals surface area contributed by atoms with Crippen molar-refractivity contribution < 1.29 is 0 Å². The molecule has 14 heteroatoms. The van der Waals surface area contributed by atoms with E-state index in [1.807, 2.05) is 0 Å². The maximum atomic E-state index is 5.53. The zero-order chi connectivity index (χ0) is 54.5. The summed E-state index contributed by atoms with van der Waals surface area (Å²) in [6, 6.07) is 0.938. The quantitative estimate of drug-likeness (QED) is 0.0642. The first-order valence-corrected chi connectivity index (χ1v) is 30.4. The zero-order valence-electron chi connectivity index (χ0n) is 51.2. The highest BCUT2D eigenvalue weighted by atomic mass is 15.4. The highest BCUT2D eigenvalue weighted by Gasteiger charge is 2.44. The Hall–Kier alpha value is -3.10. The lowest BCUT2D eigenvalue weighted by Crippen LogP contribution is -2.63. The van der Waals surface area contributed by atoms with E-state index in [9.17, 15) is 0 Å². The third-order valence-electron chi connectivity index (χ3n) is 15.9. The van der Waals surface area contributed by atoms with Gasteiger partial charge >= 0.3 is 0 Å². The van der Waals surface area contributed by atoms with E-state index in [1.165, 1.54) is 0 Å². The van der Waals surface area contributed by atoms with Crippen LogP contribution >= 0.6 is 0 Å². The van der Waals surface area contributed by atoms with E-state index in [0.29, 0.717) is 18.1 Å². The van der Waals surface area contributed by atoms with Gasteiger partial charge < -0.3 is 40.4 Å². The standard InChI is InChI=1S/C60H114N14/c1-19-24-33-70(34-25-20-2)50-63-51(71(35-26-21-3)36-27-22-4)65-54(64-50)74(49-44-59(15,16)69-60(17,18)45-49)39-32-30-29-31-38-73(48-42-57(11,12)68-58(13,14)43-48)53-62-46(6)61-52(66-53)72(37-28-23-5)47-40-55(7,8)67-56(9,10)41-47/h47-49,67-69H,19-45H2,1-18H3. The Morgan fingerprint density at radius 3 is 0.838 bits per heavy atom. The molecule has 0 unspecified atom stereocenters. The molecule has 3 fully saturated rings. The monoisotopic (exact) mass is 1030 g/mol. The number of piperidine rings is 3. The van der Waals surface area contributed by atoms with Crippen LogP contribution in [0.3, 0.4) is 0 Å². The Morgan fingerprint density at radius 1 is 0.324 bits per heavy atom. The Bertz CT molecular complexity index is 1880. The first-order valence-electron chi connectivity index (χ1n) is 30.4. The summed E-state index contributed by atoms with van der Waals surface area (Å²) in [6.07, 6.45) is 22.0. The van der Waals surface area contributed by atoms with Crippen LogP contribution in [0, 0.1) is 6.92 Å². The highest BCUT2D eigenvalue weighted by molar-refractivity contribution is 5.48. The Labute approximate surface area is 454 Å². The van der Waals surface area contributed by atoms with Crippen molar-refractivity contribution in [3.63, 3.8) is 0 Å². The van der Waals surface area contributed by atoms with E-state index >= 15 is 0 Å². The summed E-state index contributed by atoms with van der Waals surface area (Å²) in [5, 5.41) is 11.9. The van der Waals surface area contributed by atoms with Crippen molar-refractivity contribution >= 4 is 29.7 Å². The van der Waals surface area contributed by atoms with Gasteiger partial charge in [0.2, 0.25) is 29.7 Å². The van der Waals surface area contributed by atoms with Crippen molar-refractivity contribution in [1.82, 2.24) is 45.9 Å². The Balaban J connectivity index is 1.47. The van der Waals surface area contributed by atoms with Gasteiger partial charge in [0.05, 0.1) is 0 Å². The van der Waals surface area contributed by atoms with Crippen molar-refractivity contribution in [2.24, 2.45) is 0 Å². The van der Waals surface area contributed by atoms with Gasteiger partial charge in [-0.2, -0.15) is 29.9 Å². The number of nitrogens with zero attached hydrogens (tertiary/aromatic N) is 11. The molecule has 3 N–H and O–H groups in total. The smallest absolute Gasteiger partial charge is 0.232 e. The minimum Gasteiger partial charge on any atom is -0.341 e. The first-order chi connectivity index (χ1) is 34.7. The molecule has 5 heterocycles. The van der Waals surface area contributed by atoms with Crippen LogP contribution in [0.4, 0.5) is 29.7 Å². The molecule has 2 aromatic heterocycles. The topological polar surface area (TPSA) is 130 Å². The van der Waals surface area contributed by atoms with E-state index < -0.39 is 0 Å². The molecule has 0 spiro atoms. The number of anilines is 5. The molecule has 0 aliphatic carbocycles. The SMILES string of the molecule is CCCCN(CCCC)c1nc(N(CCCC)CCCC)nc(N(CCCCCCN(c2nc(C)nc(N(CCCC)C3CC(C)(C)NC(C)(C)C3)n2)C2CC(C)(C)NC(C)(C)C2)C2CC(C)(C)NC(C)(C)C2)n1. The largest absolute Gasteiger partial charge is 0.341 e. The summed E-state index contributed by atoms with van der Waals surface area (Å²) in [7, 11) is 0. The van der Waals surface area contributed by atoms with E-state index in [1.54, 1.807) is 0 Å². The predicted molar refractivity (Wildman–Crippen MR) is 317 cm³/mol. The van der Waals surface area contributed by atoms with Gasteiger partial charge in [-0.25, -0.2) is 0 Å². The fourth-order valence-electron chi connectivity index (χ4n) is 13.5. The molecule has 2 aromatic rings. The predicted octanol–water partition coefficient (Wildman–Crippen LogP) is 12.6. The Morgan fingerprint density at radius 2 is 0.554 bits per heavy atom. The lowest BCUT2D eigenvalue weighted by molar-refractivity contribution is 0.156. The summed E-state index contributed by atoms with van der Waals surface area (Å²) in [5.74, 6) is 5.10. The number of nitrogens with one attached hydrogen (secondary N) is 3. The van der Waals surface area contributed by atoms with Crippen LogP contribution in [-0.4, -0.2) is 127 Å². The third-order valence-corrected chi connectivity index (χ3v) is 15.9. The van der Waals surface area contributed by atoms with Gasteiger partial charge in [0.25, 0.3) is 0 Å². The summed E-state index contributed by atoms with van der Waals surface area (Å²) in [5.41, 5.74) is -0.0401. The van der Waals surface area contributed by atoms with Crippen LogP contribution in [0.2, 0.25) is 0 Å². The second kappa shape index (κ2) is 27.0. The molecule has 3 aliphatic rings. The maximum absolute atomic E-state index is 5.53. The van der Waals surface area contributed by atoms with E-state index in [-0.39, 0.29) is 33.2 Å². The molecular formula is C60H114N14. The van der Waals surface area contributed by atoms with E-state index in [0.717, 1.165) is 210 Å². The van der Waals surface area contributed by atoms with Gasteiger partial charge in [-0.15, -0.1) is 0 Å². The maximum Gasteiger partial charge on any atom is 0.232 e. The number of rotatable bonds is 30. The van der Waals surface area contributed by atoms with Gasteiger partial charge in [0.1, 0.15) is 5.82 Å². The average molecular weight is 1030 g/mol. The van der Waals surface area contributed by atoms with Gasteiger partial charge in [0, 0.05) is 97.2 Å². The number of unbranched alkanes of at least 4 members (excludes halogenated alkanes) is 8. The third kappa shape index (κ3) is 18.8. The molecule has 3 aliphatic heterocycles. The summed E-state index contributed by atoms with van der Waals surface area (Å²) in [4.78, 5) is 45.1. The van der Waals surface area contributed by atoms with Crippen LogP contribution in [0.5, 0.6) is 0 Å². The van der Waals surface area contributed by atoms with Gasteiger partial charge in [-0.1, -0.05) is 79.6 Å². The number of aromatic nitrogens is 6. The van der Waals surface area contributed by atoms with Crippen molar-refractivity contribution in [2.45, 2.75) is 304 Å². The molecule has 0 bridgehead atoms. The molecule has 0 radical (unpaired) electrons. The normalized spacial score (nSPS) is 20.4. The molecule has 0 aromatic carbocycles. The summed E-state index contributed by atoms with van der Waals surface area (Å²) >= 11 is 0. The van der Waals surface area contributed by atoms with Crippen LogP contribution < -0.4 is 40.4 Å². The number of hydrogen-bond donors (Lipinski definition) is 3. The lowest BCUT2D eigenvalue weighted by Gasteiger charge is -2.50. The van der Waals surface area contributed by atoms with Gasteiger partial charge in [-0.3, -0.25) is 0 Å². The molecule has 14 nitrogen and oxygen atoms in total. The second-order valence-electron chi connectivity index (χ2n) is 27.3. The molecule has 5 rings (SSSR count). The summed E-state index contributed by atoms with van der Waals surface area (Å²) in [6.45, 7) is 48.6. The molecule has 424 valence electrons. The lowest BCUT2D eigenvalue weighted by atomic mass is 9.79. The van der Waals surface area contributed by atoms with Crippen molar-refractivity contribution in [3.8, 4) is 0 Å². The molecule has 3 saturated heterocycles. The fourth-order valence-corrected chi connectivity index (χ4v) is 13.5. The molecule has 0 saturated carbocycles. The van der Waals surface area contributed by atoms with Crippen molar-refractivity contribution in [1.29, 1.82) is 0 Å². The minimum absolute atomic E-state index is 0.0164. The van der Waals surface area contributed by atoms with Crippen LogP contribution in [0.15, 0.2) is 0 Å². The second-order valence-corrected chi connectivity index (χ2v) is 27.3. The molecule has 0 atom stereocenters. The van der Waals surface area contributed by atoms with Crippen LogP contribution in [0.1, 0.15) is 252 Å². The van der Waals surface area contributed by atoms with E-state index in [2.05, 4.69) is 165 Å². The zero-order valence-corrected chi connectivity index (χ0v) is 51.2.